The summed E-state index contributed by atoms with van der Waals surface area (Å²) in [6, 6.07) is 12.1. The molecule has 4 N–H and O–H groups in total. The maximum absolute atomic E-state index is 11.9. The zero-order valence-corrected chi connectivity index (χ0v) is 15.3. The summed E-state index contributed by atoms with van der Waals surface area (Å²) in [6.07, 6.45) is 2.69. The molecule has 1 aromatic carbocycles. The van der Waals surface area contributed by atoms with Gasteiger partial charge in [-0.05, 0) is 30.7 Å². The van der Waals surface area contributed by atoms with E-state index in [2.05, 4.69) is 15.6 Å². The normalized spacial score (nSPS) is 11.9. The van der Waals surface area contributed by atoms with Crippen LogP contribution in [0.2, 0.25) is 0 Å². The number of benzene rings is 1. The molecule has 2 rings (SSSR count). The maximum Gasteiger partial charge on any atom is 0.241 e. The van der Waals surface area contributed by atoms with Crippen LogP contribution in [-0.4, -0.2) is 37.4 Å². The zero-order valence-electron chi connectivity index (χ0n) is 13.7. The molecule has 1 aromatic heterocycles. The number of nitrogens with zero attached hydrogens (tertiary/aromatic N) is 1. The number of nitrogens with two attached hydrogens (primary N) is 1. The van der Waals surface area contributed by atoms with E-state index in [-0.39, 0.29) is 24.6 Å². The quantitative estimate of drug-likeness (QED) is 0.672. The lowest BCUT2D eigenvalue weighted by molar-refractivity contribution is -0.117. The van der Waals surface area contributed by atoms with Gasteiger partial charge in [-0.25, -0.2) is 13.4 Å². The third-order valence-electron chi connectivity index (χ3n) is 3.21. The van der Waals surface area contributed by atoms with E-state index >= 15 is 0 Å². The van der Waals surface area contributed by atoms with Gasteiger partial charge < -0.3 is 16.4 Å². The summed E-state index contributed by atoms with van der Waals surface area (Å²) in [6.45, 7) is 0. The number of anilines is 3. The van der Waals surface area contributed by atoms with Gasteiger partial charge >= 0.3 is 0 Å². The Morgan fingerprint density at radius 2 is 1.84 bits per heavy atom. The number of carbonyl (C=O) groups is 1. The van der Waals surface area contributed by atoms with Gasteiger partial charge in [0.15, 0.2) is 0 Å². The van der Waals surface area contributed by atoms with Crippen LogP contribution in [0.1, 0.15) is 6.42 Å². The van der Waals surface area contributed by atoms with Crippen LogP contribution >= 0.6 is 12.4 Å². The van der Waals surface area contributed by atoms with Crippen molar-refractivity contribution < 1.29 is 13.2 Å². The van der Waals surface area contributed by atoms with Crippen molar-refractivity contribution in [2.24, 2.45) is 5.73 Å². The third kappa shape index (κ3) is 7.51. The second kappa shape index (κ2) is 9.36. The molecule has 0 spiro atoms. The number of nitrogens with one attached hydrogen (secondary N) is 2. The largest absolute Gasteiger partial charge is 0.340 e. The van der Waals surface area contributed by atoms with Crippen molar-refractivity contribution in [3.05, 3.63) is 48.7 Å². The highest BCUT2D eigenvalue weighted by Gasteiger charge is 2.16. The predicted molar refractivity (Wildman–Crippen MR) is 102 cm³/mol. The van der Waals surface area contributed by atoms with Crippen LogP contribution in [0.5, 0.6) is 0 Å². The first-order chi connectivity index (χ1) is 11.3. The monoisotopic (exact) mass is 384 g/mol. The van der Waals surface area contributed by atoms with Crippen LogP contribution in [0.15, 0.2) is 48.7 Å². The van der Waals surface area contributed by atoms with Gasteiger partial charge in [0.25, 0.3) is 0 Å². The van der Waals surface area contributed by atoms with Crippen LogP contribution in [0, 0.1) is 0 Å². The lowest BCUT2D eigenvalue weighted by atomic mass is 10.2. The topological polar surface area (TPSA) is 114 Å². The number of pyridine rings is 1. The van der Waals surface area contributed by atoms with E-state index in [1.54, 1.807) is 12.1 Å². The molecule has 0 aliphatic carbocycles. The molecule has 136 valence electrons. The Labute approximate surface area is 153 Å². The van der Waals surface area contributed by atoms with Crippen molar-refractivity contribution in [2.75, 3.05) is 22.6 Å². The van der Waals surface area contributed by atoms with Gasteiger partial charge in [0.2, 0.25) is 5.91 Å². The number of aromatic nitrogens is 1. The highest BCUT2D eigenvalue weighted by atomic mass is 35.5. The van der Waals surface area contributed by atoms with E-state index in [4.69, 9.17) is 5.73 Å². The number of halogens is 1. The second-order valence-electron chi connectivity index (χ2n) is 5.44. The number of para-hydroxylation sites is 1. The van der Waals surface area contributed by atoms with E-state index in [1.807, 2.05) is 30.3 Å². The Kier molecular flexibility index (Phi) is 7.82. The molecule has 0 bridgehead atoms. The fourth-order valence-corrected chi connectivity index (χ4v) is 2.60. The highest BCUT2D eigenvalue weighted by molar-refractivity contribution is 7.90. The van der Waals surface area contributed by atoms with Gasteiger partial charge in [-0.2, -0.15) is 0 Å². The van der Waals surface area contributed by atoms with Gasteiger partial charge in [0, 0.05) is 11.9 Å². The van der Waals surface area contributed by atoms with Crippen molar-refractivity contribution in [1.82, 2.24) is 4.98 Å². The molecular formula is C16H21ClN4O3S. The van der Waals surface area contributed by atoms with Gasteiger partial charge in [-0.15, -0.1) is 12.4 Å². The fraction of sp³-hybridized carbons (Fsp3) is 0.250. The Bertz CT molecular complexity index is 783. The summed E-state index contributed by atoms with van der Waals surface area (Å²) in [7, 11) is -3.14. The lowest BCUT2D eigenvalue weighted by Crippen LogP contribution is -2.37. The molecule has 1 heterocycles. The number of carbonyl (C=O) groups excluding carboxylic acids is 1. The highest BCUT2D eigenvalue weighted by Crippen LogP contribution is 2.15. The summed E-state index contributed by atoms with van der Waals surface area (Å²) in [5.74, 6) is 0.0737. The minimum Gasteiger partial charge on any atom is -0.340 e. The van der Waals surface area contributed by atoms with E-state index < -0.39 is 21.8 Å². The van der Waals surface area contributed by atoms with E-state index in [9.17, 15) is 13.2 Å². The fourth-order valence-electron chi connectivity index (χ4n) is 1.92. The number of rotatable bonds is 7. The molecule has 0 fully saturated rings. The third-order valence-corrected chi connectivity index (χ3v) is 4.19. The van der Waals surface area contributed by atoms with Gasteiger partial charge in [0.1, 0.15) is 15.7 Å². The first-order valence-electron chi connectivity index (χ1n) is 7.36. The van der Waals surface area contributed by atoms with Crippen LogP contribution in [0.3, 0.4) is 0 Å². The minimum absolute atomic E-state index is 0. The molecular weight excluding hydrogens is 364 g/mol. The zero-order chi connectivity index (χ0) is 17.6. The Hall–Kier alpha value is -2.16. The molecule has 9 heteroatoms. The Morgan fingerprint density at radius 3 is 2.40 bits per heavy atom. The summed E-state index contributed by atoms with van der Waals surface area (Å²) in [5, 5.41) is 5.75. The van der Waals surface area contributed by atoms with Gasteiger partial charge in [0.05, 0.1) is 23.7 Å². The van der Waals surface area contributed by atoms with Crippen molar-refractivity contribution in [2.45, 2.75) is 12.5 Å². The SMILES string of the molecule is CS(=O)(=O)CCC(N)C(=O)Nc1ccc(Nc2ccccc2)nc1.Cl. The van der Waals surface area contributed by atoms with Crippen molar-refractivity contribution >= 4 is 45.3 Å². The Morgan fingerprint density at radius 1 is 1.16 bits per heavy atom. The summed E-state index contributed by atoms with van der Waals surface area (Å²) >= 11 is 0. The second-order valence-corrected chi connectivity index (χ2v) is 7.70. The van der Waals surface area contributed by atoms with Crippen LogP contribution in [-0.2, 0) is 14.6 Å². The molecule has 1 atom stereocenters. The molecule has 0 saturated carbocycles. The van der Waals surface area contributed by atoms with Crippen molar-refractivity contribution in [1.29, 1.82) is 0 Å². The number of hydrogen-bond acceptors (Lipinski definition) is 6. The molecule has 7 nitrogen and oxygen atoms in total. The van der Waals surface area contributed by atoms with Crippen molar-refractivity contribution in [3.8, 4) is 0 Å². The molecule has 1 amide bonds. The van der Waals surface area contributed by atoms with Gasteiger partial charge in [-0.3, -0.25) is 4.79 Å². The number of hydrogen-bond donors (Lipinski definition) is 3. The summed E-state index contributed by atoms with van der Waals surface area (Å²) in [4.78, 5) is 16.1. The molecule has 25 heavy (non-hydrogen) atoms. The smallest absolute Gasteiger partial charge is 0.241 e. The van der Waals surface area contributed by atoms with Crippen LogP contribution in [0.25, 0.3) is 0 Å². The van der Waals surface area contributed by atoms with E-state index in [1.165, 1.54) is 6.20 Å². The average Bonchev–Trinajstić information content (AvgIpc) is 2.54. The van der Waals surface area contributed by atoms with E-state index in [0.717, 1.165) is 11.9 Å². The molecule has 0 aliphatic rings. The first-order valence-corrected chi connectivity index (χ1v) is 9.42. The summed E-state index contributed by atoms with van der Waals surface area (Å²) < 4.78 is 22.2. The minimum atomic E-state index is -3.14. The molecule has 2 aromatic rings. The van der Waals surface area contributed by atoms with Crippen molar-refractivity contribution in [3.63, 3.8) is 0 Å². The number of sulfone groups is 1. The maximum atomic E-state index is 11.9. The van der Waals surface area contributed by atoms with E-state index in [0.29, 0.717) is 11.5 Å². The van der Waals surface area contributed by atoms with Crippen LogP contribution in [0.4, 0.5) is 17.2 Å². The molecule has 0 saturated heterocycles. The Balaban J connectivity index is 0.00000312. The number of amides is 1. The van der Waals surface area contributed by atoms with Crippen LogP contribution < -0.4 is 16.4 Å². The standard InChI is InChI=1S/C16H20N4O3S.ClH/c1-24(22,23)10-9-14(17)16(21)20-13-7-8-15(18-11-13)19-12-5-3-2-4-6-12;/h2-8,11,14H,9-10,17H2,1H3,(H,18,19)(H,20,21);1H. The summed E-state index contributed by atoms with van der Waals surface area (Å²) in [5.41, 5.74) is 7.10. The molecule has 1 unspecified atom stereocenters. The molecule has 0 radical (unpaired) electrons. The molecule has 0 aliphatic heterocycles. The predicted octanol–water partition coefficient (Wildman–Crippen LogP) is 1.95. The first kappa shape index (κ1) is 20.9. The van der Waals surface area contributed by atoms with Gasteiger partial charge in [-0.1, -0.05) is 18.2 Å². The average molecular weight is 385 g/mol. The lowest BCUT2D eigenvalue weighted by Gasteiger charge is -2.12.